The SMILES string of the molecule is CN(C)S(=O)(=O)C[C@@H]1COC[C@@H]1NC(=O)c1csc2ccccc12. The van der Waals surface area contributed by atoms with Gasteiger partial charge in [-0.05, 0) is 6.07 Å². The van der Waals surface area contributed by atoms with E-state index in [-0.39, 0.29) is 23.6 Å². The van der Waals surface area contributed by atoms with Gasteiger partial charge in [0.05, 0.1) is 30.6 Å². The number of nitrogens with one attached hydrogen (secondary N) is 1. The topological polar surface area (TPSA) is 75.7 Å². The van der Waals surface area contributed by atoms with Crippen LogP contribution in [0.15, 0.2) is 29.6 Å². The zero-order valence-electron chi connectivity index (χ0n) is 13.6. The van der Waals surface area contributed by atoms with Crippen LogP contribution in [0, 0.1) is 5.92 Å². The van der Waals surface area contributed by atoms with Gasteiger partial charge in [0, 0.05) is 35.5 Å². The van der Waals surface area contributed by atoms with Crippen molar-refractivity contribution in [3.63, 3.8) is 0 Å². The average molecular weight is 368 g/mol. The van der Waals surface area contributed by atoms with Gasteiger partial charge in [0.2, 0.25) is 10.0 Å². The molecule has 1 aromatic heterocycles. The second-order valence-electron chi connectivity index (χ2n) is 6.08. The number of carbonyl (C=O) groups is 1. The summed E-state index contributed by atoms with van der Waals surface area (Å²) in [5.74, 6) is -0.462. The van der Waals surface area contributed by atoms with Crippen LogP contribution in [0.5, 0.6) is 0 Å². The molecule has 0 bridgehead atoms. The fraction of sp³-hybridized carbons (Fsp3) is 0.438. The Morgan fingerprint density at radius 1 is 1.33 bits per heavy atom. The molecule has 3 rings (SSSR count). The fourth-order valence-corrected chi connectivity index (χ4v) is 4.85. The van der Waals surface area contributed by atoms with Crippen LogP contribution in [-0.2, 0) is 14.8 Å². The van der Waals surface area contributed by atoms with Gasteiger partial charge in [-0.1, -0.05) is 18.2 Å². The lowest BCUT2D eigenvalue weighted by Gasteiger charge is -2.21. The number of carbonyl (C=O) groups excluding carboxylic acids is 1. The highest BCUT2D eigenvalue weighted by molar-refractivity contribution is 7.89. The average Bonchev–Trinajstić information content (AvgIpc) is 3.13. The number of sulfonamides is 1. The Morgan fingerprint density at radius 2 is 2.08 bits per heavy atom. The van der Waals surface area contributed by atoms with Crippen molar-refractivity contribution in [3.05, 3.63) is 35.2 Å². The maximum absolute atomic E-state index is 12.6. The van der Waals surface area contributed by atoms with Crippen molar-refractivity contribution >= 4 is 37.4 Å². The Kier molecular flexibility index (Phi) is 4.91. The van der Waals surface area contributed by atoms with E-state index in [1.54, 1.807) is 0 Å². The third kappa shape index (κ3) is 3.46. The van der Waals surface area contributed by atoms with Crippen molar-refractivity contribution in [2.75, 3.05) is 33.1 Å². The van der Waals surface area contributed by atoms with E-state index < -0.39 is 10.0 Å². The summed E-state index contributed by atoms with van der Waals surface area (Å²) >= 11 is 1.52. The Balaban J connectivity index is 1.74. The Hall–Kier alpha value is -1.48. The molecule has 1 fully saturated rings. The first-order valence-corrected chi connectivity index (χ1v) is 10.1. The first-order chi connectivity index (χ1) is 11.4. The van der Waals surface area contributed by atoms with Crippen molar-refractivity contribution in [1.82, 2.24) is 9.62 Å². The molecule has 1 N–H and O–H groups in total. The summed E-state index contributed by atoms with van der Waals surface area (Å²) in [7, 11) is -0.314. The molecule has 1 aliphatic heterocycles. The van der Waals surface area contributed by atoms with Crippen LogP contribution in [0.2, 0.25) is 0 Å². The molecule has 8 heteroatoms. The number of hydrogen-bond donors (Lipinski definition) is 1. The molecule has 2 aromatic rings. The molecule has 1 amide bonds. The van der Waals surface area contributed by atoms with Crippen LogP contribution in [0.4, 0.5) is 0 Å². The van der Waals surface area contributed by atoms with Gasteiger partial charge in [-0.3, -0.25) is 4.79 Å². The van der Waals surface area contributed by atoms with E-state index in [0.717, 1.165) is 10.1 Å². The number of thiophene rings is 1. The smallest absolute Gasteiger partial charge is 0.253 e. The maximum atomic E-state index is 12.6. The van der Waals surface area contributed by atoms with Gasteiger partial charge in [-0.25, -0.2) is 12.7 Å². The summed E-state index contributed by atoms with van der Waals surface area (Å²) in [4.78, 5) is 12.6. The summed E-state index contributed by atoms with van der Waals surface area (Å²) < 4.78 is 31.8. The molecule has 0 aliphatic carbocycles. The quantitative estimate of drug-likeness (QED) is 0.869. The lowest BCUT2D eigenvalue weighted by molar-refractivity contribution is 0.0928. The third-order valence-corrected chi connectivity index (χ3v) is 7.15. The largest absolute Gasteiger partial charge is 0.379 e. The fourth-order valence-electron chi connectivity index (χ4n) is 2.74. The van der Waals surface area contributed by atoms with Crippen molar-refractivity contribution in [2.45, 2.75) is 6.04 Å². The zero-order chi connectivity index (χ0) is 17.3. The summed E-state index contributed by atoms with van der Waals surface area (Å²) in [5, 5.41) is 5.69. The molecule has 2 heterocycles. The molecule has 1 aliphatic rings. The minimum atomic E-state index is -3.33. The number of hydrogen-bond acceptors (Lipinski definition) is 5. The molecule has 0 saturated carbocycles. The van der Waals surface area contributed by atoms with Gasteiger partial charge in [0.25, 0.3) is 5.91 Å². The van der Waals surface area contributed by atoms with Gasteiger partial charge in [-0.15, -0.1) is 11.3 Å². The first-order valence-electron chi connectivity index (χ1n) is 7.63. The van der Waals surface area contributed by atoms with Crippen LogP contribution in [0.1, 0.15) is 10.4 Å². The maximum Gasteiger partial charge on any atom is 0.253 e. The van der Waals surface area contributed by atoms with Crippen LogP contribution in [0.3, 0.4) is 0 Å². The number of nitrogens with zero attached hydrogens (tertiary/aromatic N) is 1. The minimum absolute atomic E-state index is 0.0324. The molecule has 0 radical (unpaired) electrons. The zero-order valence-corrected chi connectivity index (χ0v) is 15.2. The Bertz CT molecular complexity index is 845. The van der Waals surface area contributed by atoms with Gasteiger partial charge < -0.3 is 10.1 Å². The normalized spacial score (nSPS) is 21.5. The monoisotopic (exact) mass is 368 g/mol. The molecule has 6 nitrogen and oxygen atoms in total. The molecule has 0 spiro atoms. The Morgan fingerprint density at radius 3 is 2.83 bits per heavy atom. The van der Waals surface area contributed by atoms with Crippen molar-refractivity contribution in [1.29, 1.82) is 0 Å². The summed E-state index contributed by atoms with van der Waals surface area (Å²) in [6, 6.07) is 7.43. The summed E-state index contributed by atoms with van der Waals surface area (Å²) in [6.45, 7) is 0.670. The van der Waals surface area contributed by atoms with E-state index in [9.17, 15) is 13.2 Å². The standard InChI is InChI=1S/C16H20N2O4S2/c1-18(2)24(20,21)10-11-7-22-8-14(11)17-16(19)13-9-23-15-6-4-3-5-12(13)15/h3-6,9,11,14H,7-8,10H2,1-2H3,(H,17,19)/t11-,14-/m0/s1. The van der Waals surface area contributed by atoms with E-state index in [2.05, 4.69) is 5.32 Å². The van der Waals surface area contributed by atoms with Crippen LogP contribution >= 0.6 is 11.3 Å². The van der Waals surface area contributed by atoms with E-state index in [1.165, 1.54) is 29.7 Å². The molecule has 130 valence electrons. The minimum Gasteiger partial charge on any atom is -0.379 e. The van der Waals surface area contributed by atoms with Gasteiger partial charge in [-0.2, -0.15) is 0 Å². The van der Waals surface area contributed by atoms with Gasteiger partial charge in [0.1, 0.15) is 0 Å². The summed E-state index contributed by atoms with van der Waals surface area (Å²) in [5.41, 5.74) is 0.622. The van der Waals surface area contributed by atoms with Crippen molar-refractivity contribution in [3.8, 4) is 0 Å². The molecule has 1 saturated heterocycles. The van der Waals surface area contributed by atoms with E-state index in [0.29, 0.717) is 18.8 Å². The van der Waals surface area contributed by atoms with Crippen LogP contribution in [-0.4, -0.2) is 57.7 Å². The highest BCUT2D eigenvalue weighted by atomic mass is 32.2. The van der Waals surface area contributed by atoms with Crippen molar-refractivity contribution < 1.29 is 17.9 Å². The second kappa shape index (κ2) is 6.79. The lowest BCUT2D eigenvalue weighted by Crippen LogP contribution is -2.43. The number of amides is 1. The number of benzene rings is 1. The second-order valence-corrected chi connectivity index (χ2v) is 9.22. The molecular formula is C16H20N2O4S2. The predicted molar refractivity (Wildman–Crippen MR) is 94.9 cm³/mol. The van der Waals surface area contributed by atoms with E-state index in [1.807, 2.05) is 29.6 Å². The third-order valence-electron chi connectivity index (χ3n) is 4.22. The highest BCUT2D eigenvalue weighted by Gasteiger charge is 2.34. The van der Waals surface area contributed by atoms with Crippen molar-refractivity contribution in [2.24, 2.45) is 5.92 Å². The first kappa shape index (κ1) is 17.3. The molecule has 24 heavy (non-hydrogen) atoms. The van der Waals surface area contributed by atoms with E-state index >= 15 is 0 Å². The molecular weight excluding hydrogens is 348 g/mol. The van der Waals surface area contributed by atoms with Crippen LogP contribution < -0.4 is 5.32 Å². The highest BCUT2D eigenvalue weighted by Crippen LogP contribution is 2.26. The van der Waals surface area contributed by atoms with Gasteiger partial charge >= 0.3 is 0 Å². The number of fused-ring (bicyclic) bond motifs is 1. The van der Waals surface area contributed by atoms with Crippen LogP contribution in [0.25, 0.3) is 10.1 Å². The molecule has 2 atom stereocenters. The van der Waals surface area contributed by atoms with Gasteiger partial charge in [0.15, 0.2) is 0 Å². The predicted octanol–water partition coefficient (Wildman–Crippen LogP) is 1.54. The summed E-state index contributed by atoms with van der Waals surface area (Å²) in [6.07, 6.45) is 0. The lowest BCUT2D eigenvalue weighted by atomic mass is 10.1. The number of ether oxygens (including phenoxy) is 1. The molecule has 0 unspecified atom stereocenters. The Labute approximate surface area is 145 Å². The van der Waals surface area contributed by atoms with E-state index in [4.69, 9.17) is 4.74 Å². The number of rotatable bonds is 5. The molecule has 1 aromatic carbocycles.